The average Bonchev–Trinajstić information content (AvgIpc) is 1.60. The number of Topliss-reactive ketones (excluding diaryl/α,β-unsaturated/α-hetero) is 1. The highest BCUT2D eigenvalue weighted by Gasteiger charge is 2.25. The Bertz CT molecular complexity index is 7080. The summed E-state index contributed by atoms with van der Waals surface area (Å²) in [4.78, 5) is 74.1. The minimum Gasteiger partial charge on any atom is -0.383 e. The first-order chi connectivity index (χ1) is 57.7. The zero-order valence-electron chi connectivity index (χ0n) is 63.4. The molecule has 0 unspecified atom stereocenters. The minimum absolute atomic E-state index is 0.00822. The minimum atomic E-state index is -3.82. The fourth-order valence-electron chi connectivity index (χ4n) is 12.5. The smallest absolute Gasteiger partial charge is 0.251 e. The first-order valence-electron chi connectivity index (χ1n) is 35.7. The second-order valence-corrected chi connectivity index (χ2v) is 37.6. The van der Waals surface area contributed by atoms with Gasteiger partial charge in [-0.1, -0.05) is 152 Å². The number of benzene rings is 5. The lowest BCUT2D eigenvalue weighted by atomic mass is 10.1. The fourth-order valence-corrected chi connectivity index (χ4v) is 23.2. The largest absolute Gasteiger partial charge is 0.383 e. The van der Waals surface area contributed by atoms with Crippen molar-refractivity contribution in [2.75, 3.05) is 47.8 Å². The summed E-state index contributed by atoms with van der Waals surface area (Å²) in [6.45, 7) is 1.94. The molecule has 0 saturated carbocycles. The number of thiophene rings is 6. The van der Waals surface area contributed by atoms with Gasteiger partial charge in [-0.05, 0) is 65.1 Å². The van der Waals surface area contributed by atoms with E-state index in [2.05, 4.69) is 58.1 Å². The number of hydrogen-bond donors (Lipinski definition) is 9. The number of methoxy groups -OCH3 is 1. The molecule has 2 amide bonds. The predicted molar refractivity (Wildman–Crippen MR) is 496 cm³/mol. The molecule has 120 heavy (non-hydrogen) atoms. The lowest BCUT2D eigenvalue weighted by molar-refractivity contribution is 0.0993. The third-order valence-electron chi connectivity index (χ3n) is 18.2. The lowest BCUT2D eigenvalue weighted by Gasteiger charge is -2.05. The van der Waals surface area contributed by atoms with Crippen LogP contribution in [0.5, 0.6) is 0 Å². The number of amides is 2. The Kier molecular flexibility index (Phi) is 25.3. The van der Waals surface area contributed by atoms with Crippen molar-refractivity contribution in [2.24, 2.45) is 16.6 Å². The van der Waals surface area contributed by atoms with Crippen LogP contribution in [0.15, 0.2) is 251 Å². The standard InChI is InChI=1S/C16H15N3O2S.C16H11N3S2.C15H12N2OS.C14H12N2O2S2.C13H11N3O2S2.C11H8N4OS2/c1-21-8-11-12-14(10(16(18)20)7-19-15(12)17)22-13(11)9-5-3-2-4-6-9;17-15-11-8-13(10-4-2-1-3-5-10)21-14(11)12(9-19-15)16-18-6-7-20-16;1-9(18)12-8-17-15(16)11-7-13(19-14(11)12)10-5-3-2-4-6-10;1-20(17,18)12-8-16-14(15)10-7-11(19-13(10)12)9-5-3-2-4-6-9;14-13-9-6-10(8-4-2-1-3-5-8)19-12(9)11(7-16-13)20(15,17)18;12-10-5-1-8(7-3-17-4-15-7)18-9(5)6(2-14-10)11(13)16/h2-7H,8H2,1H3,(H2,17,19)(H2,18,20);1-9H,(H2,17,19);2-8H,1H3,(H2,16,17);2-8H,1H3,(H2,15,16);1-7H,(H2,14,16)(H2,15,17,18);1-4H,(H2,12,14)(H2,13,16). The molecule has 35 heteroatoms. The molecule has 602 valence electrons. The van der Waals surface area contributed by atoms with E-state index in [1.807, 2.05) is 187 Å². The molecule has 18 N–H and O–H groups in total. The highest BCUT2D eigenvalue weighted by Crippen LogP contribution is 2.46. The van der Waals surface area contributed by atoms with Crippen molar-refractivity contribution in [3.63, 3.8) is 0 Å². The van der Waals surface area contributed by atoms with Gasteiger partial charge in [-0.15, -0.1) is 90.7 Å². The van der Waals surface area contributed by atoms with E-state index in [-0.39, 0.29) is 15.6 Å². The summed E-state index contributed by atoms with van der Waals surface area (Å²) in [5, 5.41) is 14.8. The summed E-state index contributed by atoms with van der Waals surface area (Å²) < 4.78 is 57.0. The van der Waals surface area contributed by atoms with Crippen LogP contribution in [-0.2, 0) is 31.2 Å². The number of nitrogens with two attached hydrogens (primary N) is 9. The number of rotatable bonds is 14. The number of fused-ring (bicyclic) bond motifs is 6. The summed E-state index contributed by atoms with van der Waals surface area (Å²) in [5.41, 5.74) is 57.7. The van der Waals surface area contributed by atoms with Gasteiger partial charge >= 0.3 is 0 Å². The van der Waals surface area contributed by atoms with Crippen LogP contribution < -0.4 is 51.0 Å². The maximum atomic E-state index is 11.8. The summed E-state index contributed by atoms with van der Waals surface area (Å²) >= 11 is 12.1. The Morgan fingerprint density at radius 2 is 0.792 bits per heavy atom. The van der Waals surface area contributed by atoms with Crippen LogP contribution in [0.25, 0.3) is 134 Å². The molecule has 25 nitrogen and oxygen atoms in total. The second-order valence-electron chi connectivity index (χ2n) is 26.2. The Balaban J connectivity index is 0.000000118. The van der Waals surface area contributed by atoms with E-state index < -0.39 is 31.7 Å². The van der Waals surface area contributed by atoms with Gasteiger partial charge in [0, 0.05) is 129 Å². The van der Waals surface area contributed by atoms with Crippen molar-refractivity contribution in [3.8, 4) is 73.3 Å². The number of hydrogen-bond acceptors (Lipinski definition) is 30. The monoisotopic (exact) mass is 1780 g/mol. The Labute approximate surface area is 718 Å². The summed E-state index contributed by atoms with van der Waals surface area (Å²) in [5.74, 6) is 1.47. The molecular weight excluding hydrogens is 1710 g/mol. The molecule has 0 saturated heterocycles. The molecule has 0 atom stereocenters. The molecule has 0 aliphatic rings. The first-order valence-corrected chi connectivity index (χ1v) is 45.9. The molecule has 19 aromatic rings. The van der Waals surface area contributed by atoms with Gasteiger partial charge in [0.05, 0.1) is 73.8 Å². The number of nitrogen functional groups attached to an aromatic ring is 6. The maximum Gasteiger partial charge on any atom is 0.251 e. The Hall–Kier alpha value is -12.8. The fraction of sp³-hybridized carbons (Fsp3) is 0.0471. The number of pyridine rings is 6. The lowest BCUT2D eigenvalue weighted by Crippen LogP contribution is -2.12. The SMILES string of the molecule is CC(=O)c1cnc(N)c2cc(-c3ccccc3)sc12.COCc1c(-c2ccccc2)sc2c(C(N)=O)cnc(N)c12.CS(=O)(=O)c1cnc(N)c2cc(-c3ccccc3)sc12.NC(=O)c1cnc(N)c2cc(-c3cscn3)sc12.Nc1ncc(-c2nccs2)c2sc(-c3ccccc3)cc12.Nc1ncc(S(N)(=O)=O)c2sc(-c3ccccc3)cc12. The molecule has 0 fully saturated rings. The molecule has 0 radical (unpaired) electrons. The molecule has 5 aromatic carbocycles. The number of primary amides is 2. The van der Waals surface area contributed by atoms with E-state index in [4.69, 9.17) is 55.7 Å². The predicted octanol–water partition coefficient (Wildman–Crippen LogP) is 18.5. The Morgan fingerprint density at radius 3 is 1.22 bits per heavy atom. The van der Waals surface area contributed by atoms with Gasteiger partial charge in [0.25, 0.3) is 11.8 Å². The highest BCUT2D eigenvalue weighted by molar-refractivity contribution is 7.91. The van der Waals surface area contributed by atoms with Crippen LogP contribution in [-0.4, -0.2) is 87.7 Å². The summed E-state index contributed by atoms with van der Waals surface area (Å²) in [6, 6.07) is 59.5. The summed E-state index contributed by atoms with van der Waals surface area (Å²) in [6.07, 6.45) is 11.8. The Morgan fingerprint density at radius 1 is 0.417 bits per heavy atom. The number of ketones is 1. The molecule has 14 aromatic heterocycles. The molecule has 0 spiro atoms. The zero-order valence-corrected chi connectivity index (χ0v) is 71.6. The van der Waals surface area contributed by atoms with Crippen LogP contribution in [0.3, 0.4) is 0 Å². The number of ether oxygens (including phenoxy) is 1. The van der Waals surface area contributed by atoms with E-state index >= 15 is 0 Å². The van der Waals surface area contributed by atoms with Crippen molar-refractivity contribution in [1.29, 1.82) is 0 Å². The van der Waals surface area contributed by atoms with Crippen molar-refractivity contribution >= 4 is 224 Å². The van der Waals surface area contributed by atoms with Gasteiger partial charge in [-0.25, -0.2) is 61.8 Å². The number of carbonyl (C=O) groups is 3. The van der Waals surface area contributed by atoms with Crippen LogP contribution in [0, 0.1) is 0 Å². The number of aromatic nitrogens is 8. The van der Waals surface area contributed by atoms with Crippen molar-refractivity contribution in [2.45, 2.75) is 23.3 Å². The van der Waals surface area contributed by atoms with Gasteiger partial charge in [0.2, 0.25) is 10.0 Å². The first kappa shape index (κ1) is 83.7. The maximum absolute atomic E-state index is 11.8. The van der Waals surface area contributed by atoms with E-state index in [0.717, 1.165) is 109 Å². The number of nitrogens with zero attached hydrogens (tertiary/aromatic N) is 8. The highest BCUT2D eigenvalue weighted by atomic mass is 32.2. The molecular formula is C85H69N17O8S10. The average molecular weight is 1780 g/mol. The van der Waals surface area contributed by atoms with Crippen LogP contribution in [0.2, 0.25) is 0 Å². The number of anilines is 6. The van der Waals surface area contributed by atoms with Gasteiger partial charge < -0.3 is 50.6 Å². The summed E-state index contributed by atoms with van der Waals surface area (Å²) in [7, 11) is -5.52. The topological polar surface area (TPSA) is 466 Å². The third kappa shape index (κ3) is 18.3. The van der Waals surface area contributed by atoms with Gasteiger partial charge in [-0.2, -0.15) is 0 Å². The molecule has 14 heterocycles. The van der Waals surface area contributed by atoms with Gasteiger partial charge in [-0.3, -0.25) is 14.4 Å². The second kappa shape index (κ2) is 36.2. The van der Waals surface area contributed by atoms with E-state index in [1.54, 1.807) is 59.8 Å². The number of sulfone groups is 1. The van der Waals surface area contributed by atoms with E-state index in [9.17, 15) is 31.2 Å². The van der Waals surface area contributed by atoms with Crippen molar-refractivity contribution in [1.82, 2.24) is 39.9 Å². The van der Waals surface area contributed by atoms with Crippen LogP contribution >= 0.6 is 90.7 Å². The zero-order chi connectivity index (χ0) is 84.7. The van der Waals surface area contributed by atoms with E-state index in [1.165, 1.54) is 98.2 Å². The van der Waals surface area contributed by atoms with Crippen LogP contribution in [0.1, 0.15) is 43.6 Å². The van der Waals surface area contributed by atoms with Gasteiger partial charge in [0.15, 0.2) is 15.6 Å². The molecule has 0 aliphatic carbocycles. The van der Waals surface area contributed by atoms with Crippen molar-refractivity contribution in [3.05, 3.63) is 264 Å². The van der Waals surface area contributed by atoms with Gasteiger partial charge in [0.1, 0.15) is 49.7 Å². The number of carbonyl (C=O) groups excluding carboxylic acids is 3. The van der Waals surface area contributed by atoms with Crippen LogP contribution in [0.4, 0.5) is 34.9 Å². The normalized spacial score (nSPS) is 11.2. The molecule has 0 aliphatic heterocycles. The quantitative estimate of drug-likeness (QED) is 0.0457. The van der Waals surface area contributed by atoms with Crippen molar-refractivity contribution < 1.29 is 36.0 Å². The van der Waals surface area contributed by atoms with E-state index in [0.29, 0.717) is 78.4 Å². The third-order valence-corrected chi connectivity index (χ3v) is 29.3. The molecule has 19 rings (SSSR count). The number of primary sulfonamides is 1. The molecule has 0 bridgehead atoms. The number of thiazole rings is 2. The number of sulfonamides is 1.